The molecule has 1 fully saturated rings. The van der Waals surface area contributed by atoms with Gasteiger partial charge in [-0.05, 0) is 49.9 Å². The Balaban J connectivity index is 1.34. The summed E-state index contributed by atoms with van der Waals surface area (Å²) in [6.07, 6.45) is 6.23. The predicted octanol–water partition coefficient (Wildman–Crippen LogP) is 3.66. The third-order valence-corrected chi connectivity index (χ3v) is 5.58. The van der Waals surface area contributed by atoms with Gasteiger partial charge in [0.15, 0.2) is 0 Å². The Hall–Kier alpha value is -3.33. The quantitative estimate of drug-likeness (QED) is 0.556. The third-order valence-electron chi connectivity index (χ3n) is 5.38. The molecule has 2 N–H and O–H groups in total. The number of hydrogen-bond acceptors (Lipinski definition) is 7. The first-order valence-electron chi connectivity index (χ1n) is 10.3. The van der Waals surface area contributed by atoms with Crippen LogP contribution in [0, 0.1) is 0 Å². The van der Waals surface area contributed by atoms with E-state index in [2.05, 4.69) is 25.5 Å². The molecule has 1 saturated carbocycles. The smallest absolute Gasteiger partial charge is 0.316 e. The number of aromatic nitrogens is 4. The molecule has 0 unspecified atom stereocenters. The number of rotatable bonds is 7. The molecule has 32 heavy (non-hydrogen) atoms. The first kappa shape index (κ1) is 21.9. The normalized spacial score (nSPS) is 18.1. The van der Waals surface area contributed by atoms with E-state index < -0.39 is 0 Å². The van der Waals surface area contributed by atoms with Crippen LogP contribution in [0.4, 0.5) is 0 Å². The number of halogens is 1. The molecule has 9 nitrogen and oxygen atoms in total. The number of amides is 1. The highest BCUT2D eigenvalue weighted by atomic mass is 35.5. The Bertz CT molecular complexity index is 1060. The second-order valence-electron chi connectivity index (χ2n) is 7.48. The van der Waals surface area contributed by atoms with Crippen molar-refractivity contribution in [3.63, 3.8) is 0 Å². The molecule has 0 bridgehead atoms. The SMILES string of the molecule is COc1ccc(OC)c(-c2cc(C(=O)NC3CCC(Oc4ncc(Cl)cn4)CC3)[nH]n2)c1. The minimum absolute atomic E-state index is 0.0172. The van der Waals surface area contributed by atoms with E-state index in [0.717, 1.165) is 31.2 Å². The molecule has 1 aromatic carbocycles. The lowest BCUT2D eigenvalue weighted by Crippen LogP contribution is -2.40. The van der Waals surface area contributed by atoms with Gasteiger partial charge >= 0.3 is 6.01 Å². The van der Waals surface area contributed by atoms with E-state index in [1.165, 1.54) is 12.4 Å². The van der Waals surface area contributed by atoms with Crippen LogP contribution in [0.3, 0.4) is 0 Å². The Morgan fingerprint density at radius 3 is 2.53 bits per heavy atom. The summed E-state index contributed by atoms with van der Waals surface area (Å²) in [6.45, 7) is 0. The van der Waals surface area contributed by atoms with E-state index >= 15 is 0 Å². The Kier molecular flexibility index (Phi) is 6.75. The average molecular weight is 458 g/mol. The van der Waals surface area contributed by atoms with E-state index in [4.69, 9.17) is 25.8 Å². The van der Waals surface area contributed by atoms with E-state index in [0.29, 0.717) is 33.9 Å². The maximum atomic E-state index is 12.7. The molecule has 168 valence electrons. The zero-order valence-electron chi connectivity index (χ0n) is 17.8. The number of benzene rings is 1. The van der Waals surface area contributed by atoms with Crippen LogP contribution in [-0.2, 0) is 0 Å². The van der Waals surface area contributed by atoms with E-state index in [1.807, 2.05) is 12.1 Å². The molecule has 3 aromatic rings. The van der Waals surface area contributed by atoms with Crippen LogP contribution in [0.1, 0.15) is 36.2 Å². The molecular formula is C22H24ClN5O4. The summed E-state index contributed by atoms with van der Waals surface area (Å²) in [5.41, 5.74) is 1.73. The van der Waals surface area contributed by atoms with Gasteiger partial charge < -0.3 is 19.5 Å². The second kappa shape index (κ2) is 9.86. The first-order chi connectivity index (χ1) is 15.6. The predicted molar refractivity (Wildman–Crippen MR) is 118 cm³/mol. The fourth-order valence-electron chi connectivity index (χ4n) is 3.69. The molecule has 0 spiro atoms. The molecule has 1 aliphatic carbocycles. The molecule has 0 radical (unpaired) electrons. The van der Waals surface area contributed by atoms with Gasteiger partial charge in [0, 0.05) is 11.6 Å². The molecule has 4 rings (SSSR count). The monoisotopic (exact) mass is 457 g/mol. The van der Waals surface area contributed by atoms with Gasteiger partial charge in [0.2, 0.25) is 0 Å². The molecule has 1 amide bonds. The first-order valence-corrected chi connectivity index (χ1v) is 10.7. The number of methoxy groups -OCH3 is 2. The number of carbonyl (C=O) groups is 1. The summed E-state index contributed by atoms with van der Waals surface area (Å²) in [4.78, 5) is 20.9. The highest BCUT2D eigenvalue weighted by Gasteiger charge is 2.25. The number of nitrogens with one attached hydrogen (secondary N) is 2. The van der Waals surface area contributed by atoms with Crippen LogP contribution in [0.15, 0.2) is 36.7 Å². The van der Waals surface area contributed by atoms with E-state index in [-0.39, 0.29) is 18.1 Å². The van der Waals surface area contributed by atoms with E-state index in [9.17, 15) is 4.79 Å². The van der Waals surface area contributed by atoms with Crippen molar-refractivity contribution in [2.24, 2.45) is 0 Å². The van der Waals surface area contributed by atoms with E-state index in [1.54, 1.807) is 26.4 Å². The van der Waals surface area contributed by atoms with Crippen LogP contribution in [0.5, 0.6) is 17.5 Å². The molecule has 2 aromatic heterocycles. The Morgan fingerprint density at radius 1 is 1.09 bits per heavy atom. The summed E-state index contributed by atoms with van der Waals surface area (Å²) < 4.78 is 16.5. The summed E-state index contributed by atoms with van der Waals surface area (Å²) in [6, 6.07) is 7.52. The molecule has 0 saturated heterocycles. The molecule has 0 aliphatic heterocycles. The van der Waals surface area contributed by atoms with Gasteiger partial charge in [0.05, 0.1) is 37.3 Å². The minimum atomic E-state index is -0.198. The lowest BCUT2D eigenvalue weighted by atomic mass is 9.93. The number of nitrogens with zero attached hydrogens (tertiary/aromatic N) is 3. The highest BCUT2D eigenvalue weighted by molar-refractivity contribution is 6.30. The Labute approximate surface area is 190 Å². The topological polar surface area (TPSA) is 111 Å². The van der Waals surface area contributed by atoms with Crippen LogP contribution >= 0.6 is 11.6 Å². The molecule has 1 aliphatic rings. The van der Waals surface area contributed by atoms with Gasteiger partial charge in [-0.1, -0.05) is 11.6 Å². The fraction of sp³-hybridized carbons (Fsp3) is 0.364. The Morgan fingerprint density at radius 2 is 1.84 bits per heavy atom. The molecular weight excluding hydrogens is 434 g/mol. The van der Waals surface area contributed by atoms with Crippen molar-refractivity contribution in [3.05, 3.63) is 47.4 Å². The summed E-state index contributed by atoms with van der Waals surface area (Å²) in [7, 11) is 3.18. The summed E-state index contributed by atoms with van der Waals surface area (Å²) >= 11 is 5.80. The van der Waals surface area contributed by atoms with Crippen molar-refractivity contribution in [1.29, 1.82) is 0 Å². The number of ether oxygens (including phenoxy) is 3. The fourth-order valence-corrected chi connectivity index (χ4v) is 3.79. The van der Waals surface area contributed by atoms with Crippen LogP contribution < -0.4 is 19.5 Å². The number of H-pyrrole nitrogens is 1. The van der Waals surface area contributed by atoms with Crippen LogP contribution in [0.25, 0.3) is 11.3 Å². The lowest BCUT2D eigenvalue weighted by molar-refractivity contribution is 0.0880. The molecule has 2 heterocycles. The van der Waals surface area contributed by atoms with Gasteiger partial charge in [-0.2, -0.15) is 5.10 Å². The number of aromatic amines is 1. The highest BCUT2D eigenvalue weighted by Crippen LogP contribution is 2.32. The van der Waals surface area contributed by atoms with Crippen molar-refractivity contribution >= 4 is 17.5 Å². The summed E-state index contributed by atoms with van der Waals surface area (Å²) in [5, 5.41) is 10.6. The standard InChI is InChI=1S/C22H24ClN5O4/c1-30-16-7-8-20(31-2)17(9-16)18-10-19(28-27-18)21(29)26-14-3-5-15(6-4-14)32-22-24-11-13(23)12-25-22/h7-12,14-15H,3-6H2,1-2H3,(H,26,29)(H,27,28). The van der Waals surface area contributed by atoms with Crippen molar-refractivity contribution in [1.82, 2.24) is 25.5 Å². The molecule has 10 heteroatoms. The van der Waals surface area contributed by atoms with Gasteiger partial charge in [-0.25, -0.2) is 9.97 Å². The maximum absolute atomic E-state index is 12.7. The molecule has 0 atom stereocenters. The zero-order chi connectivity index (χ0) is 22.5. The lowest BCUT2D eigenvalue weighted by Gasteiger charge is -2.28. The third kappa shape index (κ3) is 5.11. The second-order valence-corrected chi connectivity index (χ2v) is 7.92. The van der Waals surface area contributed by atoms with Crippen molar-refractivity contribution in [2.75, 3.05) is 14.2 Å². The minimum Gasteiger partial charge on any atom is -0.497 e. The summed E-state index contributed by atoms with van der Waals surface area (Å²) in [5.74, 6) is 1.13. The van der Waals surface area contributed by atoms with Crippen molar-refractivity contribution in [3.8, 4) is 28.8 Å². The maximum Gasteiger partial charge on any atom is 0.316 e. The van der Waals surface area contributed by atoms with Gasteiger partial charge in [0.25, 0.3) is 5.91 Å². The zero-order valence-corrected chi connectivity index (χ0v) is 18.6. The van der Waals surface area contributed by atoms with Gasteiger partial charge in [-0.3, -0.25) is 9.89 Å². The number of hydrogen-bond donors (Lipinski definition) is 2. The van der Waals surface area contributed by atoms with Crippen molar-refractivity contribution < 1.29 is 19.0 Å². The van der Waals surface area contributed by atoms with Crippen molar-refractivity contribution in [2.45, 2.75) is 37.8 Å². The largest absolute Gasteiger partial charge is 0.497 e. The number of carbonyl (C=O) groups excluding carboxylic acids is 1. The van der Waals surface area contributed by atoms with Gasteiger partial charge in [-0.15, -0.1) is 0 Å². The van der Waals surface area contributed by atoms with Crippen LogP contribution in [0.2, 0.25) is 5.02 Å². The van der Waals surface area contributed by atoms with Gasteiger partial charge in [0.1, 0.15) is 23.3 Å². The average Bonchev–Trinajstić information content (AvgIpc) is 3.32. The van der Waals surface area contributed by atoms with Crippen LogP contribution in [-0.4, -0.2) is 52.4 Å².